The average molecular weight is 414 g/mol. The monoisotopic (exact) mass is 413 g/mol. The van der Waals surface area contributed by atoms with E-state index in [1.54, 1.807) is 7.05 Å². The zero-order valence-electron chi connectivity index (χ0n) is 15.2. The van der Waals surface area contributed by atoms with Crippen molar-refractivity contribution in [1.82, 2.24) is 24.8 Å². The highest BCUT2D eigenvalue weighted by molar-refractivity contribution is 7.11. The van der Waals surface area contributed by atoms with Gasteiger partial charge in [-0.3, -0.25) is 0 Å². The molecule has 0 saturated carbocycles. The van der Waals surface area contributed by atoms with Gasteiger partial charge in [0.1, 0.15) is 6.61 Å². The predicted molar refractivity (Wildman–Crippen MR) is 108 cm³/mol. The van der Waals surface area contributed by atoms with Crippen LogP contribution in [-0.2, 0) is 13.7 Å². The number of aryl methyl sites for hydroxylation is 2. The van der Waals surface area contributed by atoms with Crippen LogP contribution >= 0.6 is 22.9 Å². The Morgan fingerprint density at radius 1 is 1.14 bits per heavy atom. The van der Waals surface area contributed by atoms with Gasteiger partial charge >= 0.3 is 5.69 Å². The van der Waals surface area contributed by atoms with E-state index in [0.29, 0.717) is 15.9 Å². The summed E-state index contributed by atoms with van der Waals surface area (Å²) in [7, 11) is 1.56. The summed E-state index contributed by atoms with van der Waals surface area (Å²) in [6.07, 6.45) is 0. The number of hydrogen-bond acceptors (Lipinski definition) is 6. The molecule has 142 valence electrons. The fraction of sp³-hybridized carbons (Fsp3) is 0.158. The standard InChI is InChI=1S/C19H16ClN5O2S/c1-12-4-3-5-17(25-19(26)24(2)22-23-25)15(12)10-27-18-21-16(11-28-18)13-6-8-14(20)9-7-13/h3-9,11H,10H2,1-2H3. The van der Waals surface area contributed by atoms with Gasteiger partial charge in [-0.25, -0.2) is 9.78 Å². The van der Waals surface area contributed by atoms with Gasteiger partial charge in [-0.1, -0.05) is 47.2 Å². The molecule has 0 atom stereocenters. The van der Waals surface area contributed by atoms with Crippen LogP contribution in [0.25, 0.3) is 16.9 Å². The molecule has 0 N–H and O–H groups in total. The minimum atomic E-state index is -0.314. The van der Waals surface area contributed by atoms with Crippen molar-refractivity contribution in [2.45, 2.75) is 13.5 Å². The first-order valence-corrected chi connectivity index (χ1v) is 9.71. The molecule has 9 heteroatoms. The Labute approximate surface area is 169 Å². The van der Waals surface area contributed by atoms with Gasteiger partial charge in [0.05, 0.1) is 11.4 Å². The molecule has 0 aliphatic carbocycles. The van der Waals surface area contributed by atoms with Crippen LogP contribution in [0.2, 0.25) is 5.02 Å². The number of thiazole rings is 1. The van der Waals surface area contributed by atoms with E-state index >= 15 is 0 Å². The maximum Gasteiger partial charge on any atom is 0.368 e. The number of rotatable bonds is 5. The molecule has 0 radical (unpaired) electrons. The number of benzene rings is 2. The molecule has 2 aromatic carbocycles. The van der Waals surface area contributed by atoms with Gasteiger partial charge in [0.2, 0.25) is 0 Å². The Kier molecular flexibility index (Phi) is 4.97. The lowest BCUT2D eigenvalue weighted by atomic mass is 10.1. The second kappa shape index (κ2) is 7.57. The number of ether oxygens (including phenoxy) is 1. The predicted octanol–water partition coefficient (Wildman–Crippen LogP) is 3.63. The largest absolute Gasteiger partial charge is 0.465 e. The topological polar surface area (TPSA) is 74.8 Å². The highest BCUT2D eigenvalue weighted by Crippen LogP contribution is 2.28. The van der Waals surface area contributed by atoms with Gasteiger partial charge in [0.15, 0.2) is 0 Å². The third-order valence-electron chi connectivity index (χ3n) is 4.30. The summed E-state index contributed by atoms with van der Waals surface area (Å²) in [4.78, 5) is 16.8. The maximum atomic E-state index is 12.2. The van der Waals surface area contributed by atoms with Crippen molar-refractivity contribution in [1.29, 1.82) is 0 Å². The Bertz CT molecular complexity index is 1180. The lowest BCUT2D eigenvalue weighted by molar-refractivity contribution is 0.303. The van der Waals surface area contributed by atoms with E-state index in [-0.39, 0.29) is 12.3 Å². The lowest BCUT2D eigenvalue weighted by Gasteiger charge is -2.11. The minimum absolute atomic E-state index is 0.262. The van der Waals surface area contributed by atoms with Crippen LogP contribution in [0.1, 0.15) is 11.1 Å². The normalized spacial score (nSPS) is 11.0. The molecule has 0 fully saturated rings. The second-order valence-electron chi connectivity index (χ2n) is 6.16. The molecule has 7 nitrogen and oxygen atoms in total. The van der Waals surface area contributed by atoms with Crippen LogP contribution < -0.4 is 10.4 Å². The molecule has 2 aromatic heterocycles. The van der Waals surface area contributed by atoms with Crippen LogP contribution in [0, 0.1) is 6.92 Å². The van der Waals surface area contributed by atoms with Gasteiger partial charge in [-0.2, -0.15) is 9.36 Å². The van der Waals surface area contributed by atoms with Crippen molar-refractivity contribution in [2.75, 3.05) is 0 Å². The first-order valence-electron chi connectivity index (χ1n) is 8.45. The first kappa shape index (κ1) is 18.4. The third-order valence-corrected chi connectivity index (χ3v) is 5.30. The highest BCUT2D eigenvalue weighted by Gasteiger charge is 2.14. The summed E-state index contributed by atoms with van der Waals surface area (Å²) in [5, 5.41) is 10.9. The number of nitrogens with zero attached hydrogens (tertiary/aromatic N) is 5. The summed E-state index contributed by atoms with van der Waals surface area (Å²) in [6, 6.07) is 13.1. The molecular formula is C19H16ClN5O2S. The number of tetrazole rings is 1. The van der Waals surface area contributed by atoms with Crippen molar-refractivity contribution in [2.24, 2.45) is 7.05 Å². The molecule has 4 aromatic rings. The number of aromatic nitrogens is 5. The van der Waals surface area contributed by atoms with Crippen molar-refractivity contribution in [3.63, 3.8) is 0 Å². The smallest absolute Gasteiger partial charge is 0.368 e. The molecule has 28 heavy (non-hydrogen) atoms. The molecule has 0 bridgehead atoms. The van der Waals surface area contributed by atoms with E-state index in [1.165, 1.54) is 20.7 Å². The van der Waals surface area contributed by atoms with Gasteiger partial charge in [0, 0.05) is 28.6 Å². The van der Waals surface area contributed by atoms with Crippen LogP contribution in [0.5, 0.6) is 5.19 Å². The first-order chi connectivity index (χ1) is 13.5. The summed E-state index contributed by atoms with van der Waals surface area (Å²) < 4.78 is 8.38. The van der Waals surface area contributed by atoms with Crippen LogP contribution in [0.3, 0.4) is 0 Å². The Hall–Kier alpha value is -2.97. The van der Waals surface area contributed by atoms with E-state index in [0.717, 1.165) is 22.4 Å². The number of halogens is 1. The Morgan fingerprint density at radius 3 is 2.64 bits per heavy atom. The Morgan fingerprint density at radius 2 is 1.93 bits per heavy atom. The molecule has 0 saturated heterocycles. The van der Waals surface area contributed by atoms with E-state index in [9.17, 15) is 4.79 Å². The quantitative estimate of drug-likeness (QED) is 0.499. The molecule has 0 aliphatic heterocycles. The highest BCUT2D eigenvalue weighted by atomic mass is 35.5. The molecule has 0 aliphatic rings. The number of hydrogen-bond donors (Lipinski definition) is 0. The maximum absolute atomic E-state index is 12.2. The van der Waals surface area contributed by atoms with Gasteiger partial charge in [0.25, 0.3) is 5.19 Å². The lowest BCUT2D eigenvalue weighted by Crippen LogP contribution is -2.23. The fourth-order valence-corrected chi connectivity index (χ4v) is 3.55. The van der Waals surface area contributed by atoms with Crippen LogP contribution in [0.4, 0.5) is 0 Å². The van der Waals surface area contributed by atoms with Crippen molar-refractivity contribution >= 4 is 22.9 Å². The molecule has 2 heterocycles. The summed E-state index contributed by atoms with van der Waals surface area (Å²) >= 11 is 7.35. The van der Waals surface area contributed by atoms with E-state index in [1.807, 2.05) is 54.8 Å². The van der Waals surface area contributed by atoms with Crippen LogP contribution in [-0.4, -0.2) is 24.8 Å². The molecule has 0 spiro atoms. The second-order valence-corrected chi connectivity index (χ2v) is 7.42. The van der Waals surface area contributed by atoms with Gasteiger partial charge in [-0.05, 0) is 41.1 Å². The van der Waals surface area contributed by atoms with Crippen molar-refractivity contribution in [3.05, 3.63) is 74.5 Å². The summed E-state index contributed by atoms with van der Waals surface area (Å²) in [6.45, 7) is 2.23. The van der Waals surface area contributed by atoms with E-state index in [2.05, 4.69) is 15.4 Å². The fourth-order valence-electron chi connectivity index (χ4n) is 2.75. The van der Waals surface area contributed by atoms with Crippen molar-refractivity contribution < 1.29 is 4.74 Å². The zero-order valence-corrected chi connectivity index (χ0v) is 16.7. The van der Waals surface area contributed by atoms with Gasteiger partial charge in [-0.15, -0.1) is 0 Å². The molecular weight excluding hydrogens is 398 g/mol. The minimum Gasteiger partial charge on any atom is -0.465 e. The van der Waals surface area contributed by atoms with Gasteiger partial charge < -0.3 is 4.74 Å². The van der Waals surface area contributed by atoms with Crippen molar-refractivity contribution in [3.8, 4) is 22.1 Å². The summed E-state index contributed by atoms with van der Waals surface area (Å²) in [5.74, 6) is 0. The Balaban J connectivity index is 1.58. The third kappa shape index (κ3) is 3.56. The molecule has 0 unspecified atom stereocenters. The SMILES string of the molecule is Cc1cccc(-n2nnn(C)c2=O)c1COc1nc(-c2ccc(Cl)cc2)cs1. The van der Waals surface area contributed by atoms with E-state index < -0.39 is 0 Å². The van der Waals surface area contributed by atoms with Crippen LogP contribution in [0.15, 0.2) is 52.6 Å². The summed E-state index contributed by atoms with van der Waals surface area (Å²) in [5.41, 5.74) is 3.97. The van der Waals surface area contributed by atoms with E-state index in [4.69, 9.17) is 16.3 Å². The molecule has 0 amide bonds. The molecule has 4 rings (SSSR count). The average Bonchev–Trinajstić information content (AvgIpc) is 3.29. The zero-order chi connectivity index (χ0) is 19.7.